The summed E-state index contributed by atoms with van der Waals surface area (Å²) >= 11 is 1.57. The van der Waals surface area contributed by atoms with E-state index in [2.05, 4.69) is 5.32 Å². The molecular weight excluding hydrogens is 454 g/mol. The molecule has 0 aliphatic heterocycles. The lowest BCUT2D eigenvalue weighted by Gasteiger charge is -2.29. The fourth-order valence-corrected chi connectivity index (χ4v) is 5.93. The summed E-state index contributed by atoms with van der Waals surface area (Å²) in [6.45, 7) is -0.206. The Morgan fingerprint density at radius 3 is 2.58 bits per heavy atom. The largest absolute Gasteiger partial charge is 0.511 e. The minimum Gasteiger partial charge on any atom is -0.359 e. The molecule has 4 rings (SSSR count). The van der Waals surface area contributed by atoms with Gasteiger partial charge in [0.05, 0.1) is 5.69 Å². The van der Waals surface area contributed by atoms with Crippen LogP contribution in [-0.2, 0) is 22.9 Å². The maximum atomic E-state index is 13.8. The van der Waals surface area contributed by atoms with Gasteiger partial charge in [0, 0.05) is 23.0 Å². The van der Waals surface area contributed by atoms with Gasteiger partial charge in [-0.3, -0.25) is 0 Å². The van der Waals surface area contributed by atoms with Crippen LogP contribution in [0.1, 0.15) is 42.5 Å². The quantitative estimate of drug-likeness (QED) is 0.604. The van der Waals surface area contributed by atoms with E-state index in [-0.39, 0.29) is 24.3 Å². The Morgan fingerprint density at radius 2 is 1.87 bits per heavy atom. The van der Waals surface area contributed by atoms with Gasteiger partial charge in [-0.15, -0.1) is 11.3 Å². The van der Waals surface area contributed by atoms with Crippen molar-refractivity contribution in [3.8, 4) is 11.3 Å². The zero-order chi connectivity index (χ0) is 22.2. The Balaban J connectivity index is 1.36. The Labute approximate surface area is 182 Å². The topological polar surface area (TPSA) is 71.1 Å². The van der Waals surface area contributed by atoms with Crippen molar-refractivity contribution in [1.29, 1.82) is 0 Å². The summed E-state index contributed by atoms with van der Waals surface area (Å²) in [4.78, 5) is 5.85. The number of aromatic nitrogens is 1. The molecule has 2 aliphatic carbocycles. The van der Waals surface area contributed by atoms with Crippen LogP contribution in [0.15, 0.2) is 18.2 Å². The number of sulfonamides is 1. The molecule has 5 nitrogen and oxygen atoms in total. The average molecular weight is 478 g/mol. The highest BCUT2D eigenvalue weighted by Crippen LogP contribution is 2.38. The van der Waals surface area contributed by atoms with E-state index in [4.69, 9.17) is 4.98 Å². The van der Waals surface area contributed by atoms with Gasteiger partial charge < -0.3 is 5.32 Å². The normalized spacial score (nSPS) is 21.8. The van der Waals surface area contributed by atoms with E-state index in [0.717, 1.165) is 46.1 Å². The maximum Gasteiger partial charge on any atom is 0.511 e. The Morgan fingerprint density at radius 1 is 1.13 bits per heavy atom. The molecule has 1 heterocycles. The first-order valence-electron chi connectivity index (χ1n) is 10.2. The molecule has 1 aromatic carbocycles. The van der Waals surface area contributed by atoms with Crippen LogP contribution in [0.3, 0.4) is 0 Å². The third-order valence-corrected chi connectivity index (χ3v) is 8.12. The fraction of sp³-hybridized carbons (Fsp3) is 0.550. The van der Waals surface area contributed by atoms with Gasteiger partial charge >= 0.3 is 15.5 Å². The van der Waals surface area contributed by atoms with Crippen molar-refractivity contribution in [2.75, 3.05) is 11.9 Å². The average Bonchev–Trinajstić information content (AvgIpc) is 3.02. The van der Waals surface area contributed by atoms with Crippen molar-refractivity contribution in [2.45, 2.75) is 56.5 Å². The van der Waals surface area contributed by atoms with E-state index >= 15 is 0 Å². The second-order valence-corrected chi connectivity index (χ2v) is 10.9. The molecule has 1 saturated carbocycles. The number of rotatable bonds is 5. The highest BCUT2D eigenvalue weighted by molar-refractivity contribution is 7.90. The SMILES string of the molecule is O=S(=O)(NCC1CCC(Nc2nc3c(s2)CCCc2ccc(F)cc2-3)CC1)C(F)(F)F. The van der Waals surface area contributed by atoms with Gasteiger partial charge in [0.2, 0.25) is 0 Å². The molecule has 1 fully saturated rings. The van der Waals surface area contributed by atoms with E-state index in [1.807, 2.05) is 6.07 Å². The summed E-state index contributed by atoms with van der Waals surface area (Å²) in [5.74, 6) is -0.411. The molecule has 2 aliphatic rings. The smallest absolute Gasteiger partial charge is 0.359 e. The van der Waals surface area contributed by atoms with E-state index in [1.54, 1.807) is 16.1 Å². The van der Waals surface area contributed by atoms with Gasteiger partial charge in [0.25, 0.3) is 0 Å². The van der Waals surface area contributed by atoms with Gasteiger partial charge in [-0.1, -0.05) is 6.07 Å². The van der Waals surface area contributed by atoms with E-state index in [1.165, 1.54) is 12.1 Å². The minimum atomic E-state index is -5.29. The summed E-state index contributed by atoms with van der Waals surface area (Å²) < 4.78 is 75.1. The summed E-state index contributed by atoms with van der Waals surface area (Å²) in [7, 11) is -5.29. The monoisotopic (exact) mass is 477 g/mol. The van der Waals surface area contributed by atoms with Crippen LogP contribution >= 0.6 is 11.3 Å². The van der Waals surface area contributed by atoms with Crippen LogP contribution in [0.25, 0.3) is 11.3 Å². The van der Waals surface area contributed by atoms with Crippen LogP contribution in [0.4, 0.5) is 22.7 Å². The molecule has 0 radical (unpaired) electrons. The van der Waals surface area contributed by atoms with Crippen molar-refractivity contribution >= 4 is 26.5 Å². The number of benzene rings is 1. The number of nitrogens with zero attached hydrogens (tertiary/aromatic N) is 1. The maximum absolute atomic E-state index is 13.8. The molecule has 0 spiro atoms. The molecule has 31 heavy (non-hydrogen) atoms. The fourth-order valence-electron chi connectivity index (χ4n) is 4.21. The molecule has 11 heteroatoms. The lowest BCUT2D eigenvalue weighted by atomic mass is 9.86. The number of halogens is 4. The Bertz CT molecular complexity index is 1050. The van der Waals surface area contributed by atoms with Crippen LogP contribution in [-0.4, -0.2) is 31.5 Å². The predicted octanol–water partition coefficient (Wildman–Crippen LogP) is 4.85. The standard InChI is InChI=1S/C20H23F4N3O2S2/c21-14-7-6-13-2-1-3-17-18(16(13)10-14)27-19(30-17)26-15-8-4-12(5-9-15)11-25-31(28,29)20(22,23)24/h6-7,10,12,15,25H,1-5,8-9,11H2,(H,26,27). The lowest BCUT2D eigenvalue weighted by Crippen LogP contribution is -2.40. The third-order valence-electron chi connectivity index (χ3n) is 5.92. The molecular formula is C20H23F4N3O2S2. The summed E-state index contributed by atoms with van der Waals surface area (Å²) in [5, 5.41) is 4.18. The van der Waals surface area contributed by atoms with Crippen LogP contribution < -0.4 is 10.0 Å². The predicted molar refractivity (Wildman–Crippen MR) is 112 cm³/mol. The first-order chi connectivity index (χ1) is 14.6. The zero-order valence-electron chi connectivity index (χ0n) is 16.6. The van der Waals surface area contributed by atoms with Crippen molar-refractivity contribution in [2.24, 2.45) is 5.92 Å². The summed E-state index contributed by atoms with van der Waals surface area (Å²) in [6, 6.07) is 4.96. The number of nitrogens with one attached hydrogen (secondary N) is 2. The van der Waals surface area contributed by atoms with Crippen molar-refractivity contribution < 1.29 is 26.0 Å². The van der Waals surface area contributed by atoms with Crippen molar-refractivity contribution in [3.63, 3.8) is 0 Å². The number of aryl methyl sites for hydroxylation is 2. The summed E-state index contributed by atoms with van der Waals surface area (Å²) in [5.41, 5.74) is -2.51. The van der Waals surface area contributed by atoms with Crippen molar-refractivity contribution in [3.05, 3.63) is 34.5 Å². The Hall–Kier alpha value is -1.72. The Kier molecular flexibility index (Phi) is 6.28. The highest BCUT2D eigenvalue weighted by Gasteiger charge is 2.45. The van der Waals surface area contributed by atoms with Gasteiger partial charge in [-0.05, 0) is 68.6 Å². The number of hydrogen-bond acceptors (Lipinski definition) is 5. The first kappa shape index (κ1) is 22.5. The molecule has 0 atom stereocenters. The van der Waals surface area contributed by atoms with Crippen LogP contribution in [0, 0.1) is 11.7 Å². The zero-order valence-corrected chi connectivity index (χ0v) is 18.3. The molecule has 1 aromatic heterocycles. The molecule has 2 N–H and O–H groups in total. The lowest BCUT2D eigenvalue weighted by molar-refractivity contribution is -0.0448. The van der Waals surface area contributed by atoms with Crippen molar-refractivity contribution in [1.82, 2.24) is 9.71 Å². The second-order valence-electron chi connectivity index (χ2n) is 8.11. The number of hydrogen-bond donors (Lipinski definition) is 2. The minimum absolute atomic E-state index is 0.122. The number of anilines is 1. The summed E-state index contributed by atoms with van der Waals surface area (Å²) in [6.07, 6.45) is 5.43. The van der Waals surface area contributed by atoms with Crippen LogP contribution in [0.5, 0.6) is 0 Å². The number of fused-ring (bicyclic) bond motifs is 3. The van der Waals surface area contributed by atoms with E-state index in [0.29, 0.717) is 25.7 Å². The van der Waals surface area contributed by atoms with Gasteiger partial charge in [-0.2, -0.15) is 13.2 Å². The highest BCUT2D eigenvalue weighted by atomic mass is 32.2. The van der Waals surface area contributed by atoms with Crippen LogP contribution in [0.2, 0.25) is 0 Å². The van der Waals surface area contributed by atoms with E-state index < -0.39 is 15.5 Å². The van der Waals surface area contributed by atoms with E-state index in [9.17, 15) is 26.0 Å². The molecule has 0 amide bonds. The molecule has 0 bridgehead atoms. The molecule has 0 unspecified atom stereocenters. The molecule has 2 aromatic rings. The molecule has 170 valence electrons. The van der Waals surface area contributed by atoms with Gasteiger partial charge in [0.15, 0.2) is 5.13 Å². The number of thiazole rings is 1. The third kappa shape index (κ3) is 5.04. The number of alkyl halides is 3. The first-order valence-corrected chi connectivity index (χ1v) is 12.5. The molecule has 0 saturated heterocycles. The van der Waals surface area contributed by atoms with Gasteiger partial charge in [-0.25, -0.2) is 22.5 Å². The second kappa shape index (κ2) is 8.67. The van der Waals surface area contributed by atoms with Gasteiger partial charge in [0.1, 0.15) is 5.82 Å².